The van der Waals surface area contributed by atoms with Gasteiger partial charge in [-0.05, 0) is 20.3 Å². The van der Waals surface area contributed by atoms with E-state index in [0.717, 1.165) is 12.5 Å². The van der Waals surface area contributed by atoms with Gasteiger partial charge in [0.2, 0.25) is 0 Å². The summed E-state index contributed by atoms with van der Waals surface area (Å²) in [4.78, 5) is 0. The molecule has 0 spiro atoms. The Balaban J connectivity index is 4.00. The molecule has 0 unspecified atom stereocenters. The summed E-state index contributed by atoms with van der Waals surface area (Å²) in [5.74, 6) is 0. The lowest BCUT2D eigenvalue weighted by atomic mass is 10.2. The van der Waals surface area contributed by atoms with Crippen LogP contribution in [0.4, 0.5) is 0 Å². The number of hydrogen-bond acceptors (Lipinski definition) is 3. The van der Waals surface area contributed by atoms with Gasteiger partial charge >= 0.3 is 8.80 Å². The van der Waals surface area contributed by atoms with E-state index in [1.165, 1.54) is 19.3 Å². The van der Waals surface area contributed by atoms with Gasteiger partial charge in [-0.3, -0.25) is 0 Å². The number of rotatable bonds is 9. The van der Waals surface area contributed by atoms with Crippen LogP contribution in [0.3, 0.4) is 0 Å². The van der Waals surface area contributed by atoms with Gasteiger partial charge in [0.25, 0.3) is 0 Å². The van der Waals surface area contributed by atoms with E-state index in [1.54, 1.807) is 14.2 Å². The first-order valence-electron chi connectivity index (χ1n) is 5.88. The van der Waals surface area contributed by atoms with Crippen LogP contribution in [0.5, 0.6) is 0 Å². The molecule has 0 bridgehead atoms. The van der Waals surface area contributed by atoms with Gasteiger partial charge in [-0.25, -0.2) is 0 Å². The normalized spacial score (nSPS) is 12.4. The maximum atomic E-state index is 5.81. The zero-order valence-corrected chi connectivity index (χ0v) is 11.8. The Hall–Kier alpha value is 0.0969. The Kier molecular flexibility index (Phi) is 8.33. The molecule has 0 radical (unpaired) electrons. The summed E-state index contributed by atoms with van der Waals surface area (Å²) in [7, 11) is 1.03. The topological polar surface area (TPSA) is 27.7 Å². The van der Waals surface area contributed by atoms with E-state index in [1.807, 2.05) is 13.8 Å². The molecule has 0 aromatic rings. The molecule has 4 heteroatoms. The fraction of sp³-hybridized carbons (Fsp3) is 1.00. The molecule has 0 amide bonds. The monoisotopic (exact) mass is 234 g/mol. The summed E-state index contributed by atoms with van der Waals surface area (Å²) in [6.07, 6.45) is 5.07. The van der Waals surface area contributed by atoms with Gasteiger partial charge in [-0.15, -0.1) is 0 Å². The Labute approximate surface area is 95.5 Å². The van der Waals surface area contributed by atoms with E-state index in [9.17, 15) is 0 Å². The minimum Gasteiger partial charge on any atom is -0.377 e. The highest BCUT2D eigenvalue weighted by molar-refractivity contribution is 6.60. The van der Waals surface area contributed by atoms with Crippen molar-refractivity contribution in [2.45, 2.75) is 58.6 Å². The van der Waals surface area contributed by atoms with Gasteiger partial charge in [0.1, 0.15) is 0 Å². The van der Waals surface area contributed by atoms with Crippen LogP contribution in [0.1, 0.15) is 46.5 Å². The maximum Gasteiger partial charge on any atom is 0.500 e. The van der Waals surface area contributed by atoms with Crippen LogP contribution in [0.15, 0.2) is 0 Å². The third kappa shape index (κ3) is 6.30. The molecule has 0 saturated heterocycles. The number of hydrogen-bond donors (Lipinski definition) is 0. The van der Waals surface area contributed by atoms with Gasteiger partial charge < -0.3 is 13.3 Å². The standard InChI is InChI=1S/C11H26O3Si/c1-6-7-8-9-10-15(12-4,13-5)14-11(2)3/h11H,6-10H2,1-5H3. The van der Waals surface area contributed by atoms with Crippen molar-refractivity contribution >= 4 is 8.80 Å². The van der Waals surface area contributed by atoms with Crippen LogP contribution in [0.2, 0.25) is 6.04 Å². The fourth-order valence-corrected chi connectivity index (χ4v) is 3.86. The second-order valence-electron chi connectivity index (χ2n) is 4.07. The smallest absolute Gasteiger partial charge is 0.377 e. The van der Waals surface area contributed by atoms with E-state index < -0.39 is 8.80 Å². The number of unbranched alkanes of at least 4 members (excludes halogenated alkanes) is 3. The minimum absolute atomic E-state index is 0.169. The first kappa shape index (κ1) is 15.1. The Morgan fingerprint density at radius 3 is 2.00 bits per heavy atom. The summed E-state index contributed by atoms with van der Waals surface area (Å²) >= 11 is 0. The molecule has 0 rings (SSSR count). The quantitative estimate of drug-likeness (QED) is 0.453. The lowest BCUT2D eigenvalue weighted by molar-refractivity contribution is 0.0693. The molecule has 0 aromatic heterocycles. The van der Waals surface area contributed by atoms with Crippen molar-refractivity contribution < 1.29 is 13.3 Å². The molecule has 0 aromatic carbocycles. The van der Waals surface area contributed by atoms with E-state index in [-0.39, 0.29) is 6.10 Å². The van der Waals surface area contributed by atoms with Crippen molar-refractivity contribution in [3.05, 3.63) is 0 Å². The molecule has 0 aliphatic carbocycles. The maximum absolute atomic E-state index is 5.81. The van der Waals surface area contributed by atoms with Crippen molar-refractivity contribution in [1.82, 2.24) is 0 Å². The van der Waals surface area contributed by atoms with Gasteiger partial charge in [0.15, 0.2) is 0 Å². The minimum atomic E-state index is -2.36. The van der Waals surface area contributed by atoms with Crippen LogP contribution in [-0.4, -0.2) is 29.1 Å². The van der Waals surface area contributed by atoms with Crippen LogP contribution >= 0.6 is 0 Å². The summed E-state index contributed by atoms with van der Waals surface area (Å²) in [6.45, 7) is 6.25. The predicted octanol–water partition coefficient (Wildman–Crippen LogP) is 3.22. The average Bonchev–Trinajstić information content (AvgIpc) is 2.22. The third-order valence-corrected chi connectivity index (χ3v) is 5.41. The van der Waals surface area contributed by atoms with E-state index in [4.69, 9.17) is 13.3 Å². The zero-order valence-electron chi connectivity index (χ0n) is 10.8. The lowest BCUT2D eigenvalue weighted by Crippen LogP contribution is -2.45. The molecule has 0 N–H and O–H groups in total. The van der Waals surface area contributed by atoms with E-state index in [2.05, 4.69) is 6.92 Å². The van der Waals surface area contributed by atoms with Crippen molar-refractivity contribution in [3.63, 3.8) is 0 Å². The van der Waals surface area contributed by atoms with Crippen LogP contribution < -0.4 is 0 Å². The van der Waals surface area contributed by atoms with Gasteiger partial charge in [-0.2, -0.15) is 0 Å². The summed E-state index contributed by atoms with van der Waals surface area (Å²) in [5.41, 5.74) is 0. The van der Waals surface area contributed by atoms with Crippen molar-refractivity contribution in [3.8, 4) is 0 Å². The van der Waals surface area contributed by atoms with Crippen molar-refractivity contribution in [1.29, 1.82) is 0 Å². The fourth-order valence-electron chi connectivity index (χ4n) is 1.57. The van der Waals surface area contributed by atoms with Crippen molar-refractivity contribution in [2.75, 3.05) is 14.2 Å². The first-order chi connectivity index (χ1) is 7.10. The second kappa shape index (κ2) is 8.27. The molecule has 0 aliphatic rings. The SMILES string of the molecule is CCCCCC[Si](OC)(OC)OC(C)C. The van der Waals surface area contributed by atoms with Gasteiger partial charge in [-0.1, -0.05) is 26.2 Å². The molecule has 0 saturated carbocycles. The molecule has 0 heterocycles. The zero-order chi connectivity index (χ0) is 11.7. The highest BCUT2D eigenvalue weighted by Gasteiger charge is 2.39. The van der Waals surface area contributed by atoms with Crippen molar-refractivity contribution in [2.24, 2.45) is 0 Å². The molecule has 3 nitrogen and oxygen atoms in total. The van der Waals surface area contributed by atoms with Crippen LogP contribution in [0.25, 0.3) is 0 Å². The molecule has 0 atom stereocenters. The van der Waals surface area contributed by atoms with Crippen LogP contribution in [-0.2, 0) is 13.3 Å². The Morgan fingerprint density at radius 2 is 1.60 bits per heavy atom. The van der Waals surface area contributed by atoms with Gasteiger partial charge in [0.05, 0.1) is 0 Å². The Bertz CT molecular complexity index is 147. The van der Waals surface area contributed by atoms with E-state index in [0.29, 0.717) is 0 Å². The highest BCUT2D eigenvalue weighted by Crippen LogP contribution is 2.20. The lowest BCUT2D eigenvalue weighted by Gasteiger charge is -2.28. The molecule has 0 fully saturated rings. The summed E-state index contributed by atoms with van der Waals surface area (Å²) < 4.78 is 16.8. The molecular weight excluding hydrogens is 208 g/mol. The third-order valence-electron chi connectivity index (χ3n) is 2.37. The van der Waals surface area contributed by atoms with E-state index >= 15 is 0 Å². The molecule has 15 heavy (non-hydrogen) atoms. The highest BCUT2D eigenvalue weighted by atomic mass is 28.4. The molecule has 92 valence electrons. The predicted molar refractivity (Wildman–Crippen MR) is 64.9 cm³/mol. The van der Waals surface area contributed by atoms with Gasteiger partial charge in [0, 0.05) is 26.4 Å². The Morgan fingerprint density at radius 1 is 1.00 bits per heavy atom. The first-order valence-corrected chi connectivity index (χ1v) is 7.81. The molecular formula is C11H26O3Si. The summed E-state index contributed by atoms with van der Waals surface area (Å²) in [6, 6.07) is 0.929. The van der Waals surface area contributed by atoms with Crippen LogP contribution in [0, 0.1) is 0 Å². The largest absolute Gasteiger partial charge is 0.500 e. The summed E-state index contributed by atoms with van der Waals surface area (Å²) in [5, 5.41) is 0. The second-order valence-corrected chi connectivity index (χ2v) is 6.99. The molecule has 0 aliphatic heterocycles. The average molecular weight is 234 g/mol.